The van der Waals surface area contributed by atoms with Crippen LogP contribution in [0.2, 0.25) is 0 Å². The molecule has 0 unspecified atom stereocenters. The lowest BCUT2D eigenvalue weighted by Crippen LogP contribution is -2.45. The topological polar surface area (TPSA) is 38.8 Å². The van der Waals surface area contributed by atoms with E-state index in [0.717, 1.165) is 22.1 Å². The lowest BCUT2D eigenvalue weighted by Gasteiger charge is -2.33. The van der Waals surface area contributed by atoms with Gasteiger partial charge in [0.05, 0.1) is 6.42 Å². The SMILES string of the molecule is CC(C)N(C[C@H](COc1ccccc1)OC(=O)Cc1cccc2ccccc12)C(C)C. The molecule has 3 aromatic carbocycles. The van der Waals surface area contributed by atoms with E-state index >= 15 is 0 Å². The molecule has 1 atom stereocenters. The van der Waals surface area contributed by atoms with Crippen molar-refractivity contribution >= 4 is 16.7 Å². The van der Waals surface area contributed by atoms with Crippen molar-refractivity contribution < 1.29 is 14.3 Å². The minimum absolute atomic E-state index is 0.231. The number of carbonyl (C=O) groups excluding carboxylic acids is 1. The summed E-state index contributed by atoms with van der Waals surface area (Å²) < 4.78 is 11.9. The number of ether oxygens (including phenoxy) is 2. The summed E-state index contributed by atoms with van der Waals surface area (Å²) in [5.74, 6) is 0.545. The lowest BCUT2D eigenvalue weighted by molar-refractivity contribution is -0.151. The number of benzene rings is 3. The largest absolute Gasteiger partial charge is 0.490 e. The van der Waals surface area contributed by atoms with Gasteiger partial charge in [0.2, 0.25) is 0 Å². The van der Waals surface area contributed by atoms with Crippen molar-refractivity contribution in [2.45, 2.75) is 52.3 Å². The summed E-state index contributed by atoms with van der Waals surface area (Å²) in [4.78, 5) is 15.2. The van der Waals surface area contributed by atoms with E-state index in [2.05, 4.69) is 44.7 Å². The van der Waals surface area contributed by atoms with Gasteiger partial charge in [0, 0.05) is 18.6 Å². The Hall–Kier alpha value is -2.85. The van der Waals surface area contributed by atoms with Crippen molar-refractivity contribution in [1.29, 1.82) is 0 Å². The molecule has 0 spiro atoms. The van der Waals surface area contributed by atoms with Crippen LogP contribution in [0.1, 0.15) is 33.3 Å². The third kappa shape index (κ3) is 6.56. The van der Waals surface area contributed by atoms with Crippen LogP contribution in [-0.4, -0.2) is 42.2 Å². The third-order valence-electron chi connectivity index (χ3n) is 5.43. The van der Waals surface area contributed by atoms with Crippen LogP contribution in [0.4, 0.5) is 0 Å². The summed E-state index contributed by atoms with van der Waals surface area (Å²) in [6.45, 7) is 9.59. The van der Waals surface area contributed by atoms with Gasteiger partial charge in [-0.2, -0.15) is 0 Å². The maximum Gasteiger partial charge on any atom is 0.310 e. The highest BCUT2D eigenvalue weighted by atomic mass is 16.6. The fraction of sp³-hybridized carbons (Fsp3) is 0.370. The molecule has 0 saturated carbocycles. The van der Waals surface area contributed by atoms with E-state index in [1.54, 1.807) is 0 Å². The summed E-state index contributed by atoms with van der Waals surface area (Å²) in [5, 5.41) is 2.22. The first kappa shape index (κ1) is 22.8. The van der Waals surface area contributed by atoms with Crippen LogP contribution in [0.25, 0.3) is 10.8 Å². The summed E-state index contributed by atoms with van der Waals surface area (Å²) >= 11 is 0. The van der Waals surface area contributed by atoms with Gasteiger partial charge in [-0.1, -0.05) is 60.7 Å². The molecule has 0 fully saturated rings. The highest BCUT2D eigenvalue weighted by molar-refractivity contribution is 5.89. The molecule has 0 aliphatic carbocycles. The van der Waals surface area contributed by atoms with Crippen molar-refractivity contribution in [3.8, 4) is 5.75 Å². The van der Waals surface area contributed by atoms with Gasteiger partial charge < -0.3 is 9.47 Å². The first-order valence-electron chi connectivity index (χ1n) is 11.0. The van der Waals surface area contributed by atoms with E-state index in [1.165, 1.54) is 0 Å². The molecule has 0 aromatic heterocycles. The Morgan fingerprint density at radius 3 is 2.19 bits per heavy atom. The molecule has 0 N–H and O–H groups in total. The summed E-state index contributed by atoms with van der Waals surface area (Å²) in [7, 11) is 0. The molecule has 0 bridgehead atoms. The Labute approximate surface area is 185 Å². The Morgan fingerprint density at radius 1 is 0.839 bits per heavy atom. The van der Waals surface area contributed by atoms with Crippen LogP contribution in [-0.2, 0) is 16.0 Å². The highest BCUT2D eigenvalue weighted by Gasteiger charge is 2.23. The molecule has 4 heteroatoms. The number of hydrogen-bond donors (Lipinski definition) is 0. The minimum Gasteiger partial charge on any atom is -0.490 e. The number of hydrogen-bond acceptors (Lipinski definition) is 4. The van der Waals surface area contributed by atoms with E-state index in [-0.39, 0.29) is 18.5 Å². The fourth-order valence-corrected chi connectivity index (χ4v) is 3.91. The van der Waals surface area contributed by atoms with Crippen molar-refractivity contribution in [2.75, 3.05) is 13.2 Å². The number of fused-ring (bicyclic) bond motifs is 1. The summed E-state index contributed by atoms with van der Waals surface area (Å²) in [6, 6.07) is 24.5. The smallest absolute Gasteiger partial charge is 0.310 e. The van der Waals surface area contributed by atoms with Gasteiger partial charge >= 0.3 is 5.97 Å². The van der Waals surface area contributed by atoms with Gasteiger partial charge in [-0.3, -0.25) is 9.69 Å². The fourth-order valence-electron chi connectivity index (χ4n) is 3.91. The maximum atomic E-state index is 12.9. The average Bonchev–Trinajstić information content (AvgIpc) is 2.76. The predicted molar refractivity (Wildman–Crippen MR) is 126 cm³/mol. The highest BCUT2D eigenvalue weighted by Crippen LogP contribution is 2.20. The zero-order valence-electron chi connectivity index (χ0n) is 19.0. The van der Waals surface area contributed by atoms with Crippen molar-refractivity contribution in [3.05, 3.63) is 78.4 Å². The molecule has 4 nitrogen and oxygen atoms in total. The van der Waals surface area contributed by atoms with Crippen LogP contribution >= 0.6 is 0 Å². The number of para-hydroxylation sites is 1. The number of carbonyl (C=O) groups is 1. The van der Waals surface area contributed by atoms with E-state index in [1.807, 2.05) is 60.7 Å². The van der Waals surface area contributed by atoms with Gasteiger partial charge in [0.15, 0.2) is 0 Å². The van der Waals surface area contributed by atoms with Gasteiger partial charge in [-0.25, -0.2) is 0 Å². The van der Waals surface area contributed by atoms with Crippen molar-refractivity contribution in [3.63, 3.8) is 0 Å². The van der Waals surface area contributed by atoms with Gasteiger partial charge in [0.1, 0.15) is 18.5 Å². The second kappa shape index (κ2) is 11.0. The second-order valence-electron chi connectivity index (χ2n) is 8.44. The van der Waals surface area contributed by atoms with Crippen LogP contribution in [0.15, 0.2) is 72.8 Å². The standard InChI is InChI=1S/C27H33NO3/c1-20(2)28(21(3)4)18-25(19-30-24-14-6-5-7-15-24)31-27(29)17-23-13-10-12-22-11-8-9-16-26(22)23/h5-16,20-21,25H,17-19H2,1-4H3/t25-/m1/s1. The maximum absolute atomic E-state index is 12.9. The molecule has 0 aliphatic rings. The molecule has 0 radical (unpaired) electrons. The first-order chi connectivity index (χ1) is 14.9. The number of nitrogens with zero attached hydrogens (tertiary/aromatic N) is 1. The molecular formula is C27H33NO3. The Bertz CT molecular complexity index is 955. The predicted octanol–water partition coefficient (Wildman–Crippen LogP) is 5.49. The van der Waals surface area contributed by atoms with Gasteiger partial charge in [-0.15, -0.1) is 0 Å². The second-order valence-corrected chi connectivity index (χ2v) is 8.44. The third-order valence-corrected chi connectivity index (χ3v) is 5.43. The summed E-state index contributed by atoms with van der Waals surface area (Å²) in [5.41, 5.74) is 0.982. The molecule has 31 heavy (non-hydrogen) atoms. The molecule has 0 saturated heterocycles. The number of rotatable bonds is 10. The minimum atomic E-state index is -0.354. The van der Waals surface area contributed by atoms with E-state index in [4.69, 9.17) is 9.47 Å². The Kier molecular flexibility index (Phi) is 8.07. The van der Waals surface area contributed by atoms with Gasteiger partial charge in [-0.05, 0) is 56.2 Å². The molecule has 164 valence electrons. The zero-order chi connectivity index (χ0) is 22.2. The molecule has 3 rings (SSSR count). The summed E-state index contributed by atoms with van der Waals surface area (Å²) in [6.07, 6.45) is -0.112. The quantitative estimate of drug-likeness (QED) is 0.407. The molecule has 3 aromatic rings. The van der Waals surface area contributed by atoms with Crippen molar-refractivity contribution in [1.82, 2.24) is 4.90 Å². The Morgan fingerprint density at radius 2 is 1.48 bits per heavy atom. The lowest BCUT2D eigenvalue weighted by atomic mass is 10.0. The van der Waals surface area contributed by atoms with E-state index in [9.17, 15) is 4.79 Å². The van der Waals surface area contributed by atoms with Crippen LogP contribution in [0.3, 0.4) is 0 Å². The van der Waals surface area contributed by atoms with Crippen LogP contribution in [0.5, 0.6) is 5.75 Å². The number of esters is 1. The van der Waals surface area contributed by atoms with Crippen molar-refractivity contribution in [2.24, 2.45) is 0 Å². The zero-order valence-corrected chi connectivity index (χ0v) is 19.0. The molecule has 0 aliphatic heterocycles. The molecular weight excluding hydrogens is 386 g/mol. The van der Waals surface area contributed by atoms with Crippen LogP contribution < -0.4 is 4.74 Å². The van der Waals surface area contributed by atoms with E-state index < -0.39 is 0 Å². The average molecular weight is 420 g/mol. The molecule has 0 amide bonds. The van der Waals surface area contributed by atoms with E-state index in [0.29, 0.717) is 25.2 Å². The normalized spacial score (nSPS) is 12.5. The Balaban J connectivity index is 1.71. The first-order valence-corrected chi connectivity index (χ1v) is 11.0. The van der Waals surface area contributed by atoms with Gasteiger partial charge in [0.25, 0.3) is 0 Å². The van der Waals surface area contributed by atoms with Crippen LogP contribution in [0, 0.1) is 0 Å². The molecule has 0 heterocycles. The monoisotopic (exact) mass is 419 g/mol.